The second-order valence-corrected chi connectivity index (χ2v) is 9.56. The number of hydrogen-bond acceptors (Lipinski definition) is 4. The van der Waals surface area contributed by atoms with Crippen LogP contribution < -0.4 is 0 Å². The van der Waals surface area contributed by atoms with Crippen LogP contribution in [0.25, 0.3) is 0 Å². The number of aryl methyl sites for hydroxylation is 2. The van der Waals surface area contributed by atoms with Gasteiger partial charge in [-0.05, 0) is 18.9 Å². The minimum atomic E-state index is -3.45. The Hall–Kier alpha value is -1.45. The molecule has 0 atom stereocenters. The Morgan fingerprint density at radius 2 is 1.85 bits per heavy atom. The summed E-state index contributed by atoms with van der Waals surface area (Å²) in [6.45, 7) is 1.65. The van der Waals surface area contributed by atoms with Gasteiger partial charge in [0.1, 0.15) is 0 Å². The van der Waals surface area contributed by atoms with Gasteiger partial charge >= 0.3 is 0 Å². The van der Waals surface area contributed by atoms with Gasteiger partial charge < -0.3 is 4.90 Å². The van der Waals surface area contributed by atoms with E-state index in [4.69, 9.17) is 0 Å². The molecular weight excluding hydrogens is 366 g/mol. The van der Waals surface area contributed by atoms with Gasteiger partial charge in [-0.2, -0.15) is 22.1 Å². The second kappa shape index (κ2) is 8.70. The first-order chi connectivity index (χ1) is 12.9. The van der Waals surface area contributed by atoms with E-state index in [1.54, 1.807) is 20.9 Å². The van der Waals surface area contributed by atoms with Gasteiger partial charge in [-0.1, -0.05) is 19.3 Å². The molecule has 0 aromatic carbocycles. The van der Waals surface area contributed by atoms with Crippen LogP contribution in [-0.4, -0.2) is 76.9 Å². The highest BCUT2D eigenvalue weighted by Gasteiger charge is 2.35. The summed E-state index contributed by atoms with van der Waals surface area (Å²) in [6, 6.07) is 2.03. The molecule has 0 bridgehead atoms. The first kappa shape index (κ1) is 20.3. The van der Waals surface area contributed by atoms with Crippen molar-refractivity contribution < 1.29 is 13.2 Å². The van der Waals surface area contributed by atoms with Crippen molar-refractivity contribution in [1.82, 2.24) is 23.3 Å². The molecule has 0 N–H and O–H groups in total. The predicted octanol–water partition coefficient (Wildman–Crippen LogP) is 1.01. The van der Waals surface area contributed by atoms with E-state index in [1.807, 2.05) is 19.3 Å². The molecule has 0 unspecified atom stereocenters. The zero-order chi connectivity index (χ0) is 19.4. The number of rotatable bonds is 6. The van der Waals surface area contributed by atoms with E-state index in [1.165, 1.54) is 10.7 Å². The van der Waals surface area contributed by atoms with Crippen LogP contribution in [0.2, 0.25) is 0 Å². The number of aromatic nitrogens is 2. The smallest absolute Gasteiger partial charge is 0.282 e. The molecule has 1 aliphatic heterocycles. The summed E-state index contributed by atoms with van der Waals surface area (Å²) in [5.74, 6) is 0.0679. The lowest BCUT2D eigenvalue weighted by Gasteiger charge is -2.38. The topological polar surface area (TPSA) is 78.8 Å². The fraction of sp³-hybridized carbons (Fsp3) is 0.778. The minimum Gasteiger partial charge on any atom is -0.340 e. The Kier molecular flexibility index (Phi) is 6.54. The van der Waals surface area contributed by atoms with Crippen molar-refractivity contribution in [1.29, 1.82) is 0 Å². The standard InChI is InChI=1S/C18H31N5O3S/c1-20-11-10-16(19-20)8-9-18(24)22-12-14-23(15-13-22)27(25,26)21(2)17-6-4-3-5-7-17/h10-11,17H,3-9,12-15H2,1-2H3. The molecule has 0 spiro atoms. The summed E-state index contributed by atoms with van der Waals surface area (Å²) in [6.07, 6.45) is 8.18. The normalized spacial score (nSPS) is 20.3. The van der Waals surface area contributed by atoms with Gasteiger partial charge in [-0.3, -0.25) is 9.48 Å². The van der Waals surface area contributed by atoms with Crippen molar-refractivity contribution in [3.63, 3.8) is 0 Å². The summed E-state index contributed by atoms with van der Waals surface area (Å²) in [5.41, 5.74) is 0.904. The quantitative estimate of drug-likeness (QED) is 0.718. The van der Waals surface area contributed by atoms with Crippen molar-refractivity contribution in [3.05, 3.63) is 18.0 Å². The van der Waals surface area contributed by atoms with Gasteiger partial charge in [0.2, 0.25) is 5.91 Å². The highest BCUT2D eigenvalue weighted by molar-refractivity contribution is 7.86. The third-order valence-corrected chi connectivity index (χ3v) is 7.78. The van der Waals surface area contributed by atoms with Gasteiger partial charge in [0.15, 0.2) is 0 Å². The van der Waals surface area contributed by atoms with Crippen LogP contribution in [0.1, 0.15) is 44.2 Å². The monoisotopic (exact) mass is 397 g/mol. The Morgan fingerprint density at radius 1 is 1.19 bits per heavy atom. The van der Waals surface area contributed by atoms with E-state index >= 15 is 0 Å². The highest BCUT2D eigenvalue weighted by Crippen LogP contribution is 2.25. The second-order valence-electron chi connectivity index (χ2n) is 7.58. The first-order valence-corrected chi connectivity index (χ1v) is 11.3. The maximum atomic E-state index is 12.9. The maximum Gasteiger partial charge on any atom is 0.282 e. The summed E-state index contributed by atoms with van der Waals surface area (Å²) in [5, 5.41) is 4.29. The fourth-order valence-corrected chi connectivity index (χ4v) is 5.55. The van der Waals surface area contributed by atoms with Crippen LogP contribution in [0.4, 0.5) is 0 Å². The lowest BCUT2D eigenvalue weighted by molar-refractivity contribution is -0.132. The maximum absolute atomic E-state index is 12.9. The van der Waals surface area contributed by atoms with Crippen molar-refractivity contribution in [2.45, 2.75) is 51.0 Å². The molecule has 2 fully saturated rings. The molecule has 1 saturated heterocycles. The fourth-order valence-electron chi connectivity index (χ4n) is 3.97. The summed E-state index contributed by atoms with van der Waals surface area (Å²) in [4.78, 5) is 14.2. The third-order valence-electron chi connectivity index (χ3n) is 5.73. The lowest BCUT2D eigenvalue weighted by atomic mass is 9.96. The molecule has 9 heteroatoms. The summed E-state index contributed by atoms with van der Waals surface area (Å²) >= 11 is 0. The SMILES string of the molecule is CN(C1CCCCC1)S(=O)(=O)N1CCN(C(=O)CCc2ccn(C)n2)CC1. The van der Waals surface area contributed by atoms with Crippen LogP contribution in [0.3, 0.4) is 0 Å². The molecule has 3 rings (SSSR count). The van der Waals surface area contributed by atoms with Crippen LogP contribution in [0, 0.1) is 0 Å². The van der Waals surface area contributed by atoms with Crippen molar-refractivity contribution in [2.75, 3.05) is 33.2 Å². The number of carbonyl (C=O) groups is 1. The Morgan fingerprint density at radius 3 is 2.44 bits per heavy atom. The van der Waals surface area contributed by atoms with Crippen LogP contribution in [0.15, 0.2) is 12.3 Å². The summed E-state index contributed by atoms with van der Waals surface area (Å²) in [7, 11) is 0.113. The zero-order valence-corrected chi connectivity index (χ0v) is 17.2. The largest absolute Gasteiger partial charge is 0.340 e. The number of nitrogens with zero attached hydrogens (tertiary/aromatic N) is 5. The number of carbonyl (C=O) groups excluding carboxylic acids is 1. The molecule has 1 amide bonds. The van der Waals surface area contributed by atoms with Gasteiger partial charge in [0, 0.05) is 65.4 Å². The Labute approximate surface area is 162 Å². The third kappa shape index (κ3) is 4.89. The molecule has 2 heterocycles. The van der Waals surface area contributed by atoms with E-state index in [2.05, 4.69) is 5.10 Å². The van der Waals surface area contributed by atoms with Gasteiger partial charge in [0.25, 0.3) is 10.2 Å². The van der Waals surface area contributed by atoms with Crippen molar-refractivity contribution in [3.8, 4) is 0 Å². The van der Waals surface area contributed by atoms with Crippen molar-refractivity contribution in [2.24, 2.45) is 7.05 Å². The lowest BCUT2D eigenvalue weighted by Crippen LogP contribution is -2.55. The molecule has 8 nitrogen and oxygen atoms in total. The average Bonchev–Trinajstić information content (AvgIpc) is 3.11. The van der Waals surface area contributed by atoms with E-state index in [0.29, 0.717) is 39.0 Å². The predicted molar refractivity (Wildman–Crippen MR) is 103 cm³/mol. The van der Waals surface area contributed by atoms with E-state index in [9.17, 15) is 13.2 Å². The zero-order valence-electron chi connectivity index (χ0n) is 16.4. The Bertz CT molecular complexity index is 734. The molecule has 0 radical (unpaired) electrons. The van der Waals surface area contributed by atoms with Crippen LogP contribution >= 0.6 is 0 Å². The van der Waals surface area contributed by atoms with E-state index in [0.717, 1.165) is 31.4 Å². The molecule has 1 aliphatic carbocycles. The van der Waals surface area contributed by atoms with Gasteiger partial charge in [-0.25, -0.2) is 0 Å². The van der Waals surface area contributed by atoms with Crippen LogP contribution in [0.5, 0.6) is 0 Å². The van der Waals surface area contributed by atoms with Gasteiger partial charge in [-0.15, -0.1) is 0 Å². The molecule has 1 aromatic heterocycles. The molecular formula is C18H31N5O3S. The van der Waals surface area contributed by atoms with Crippen molar-refractivity contribution >= 4 is 16.1 Å². The average molecular weight is 398 g/mol. The number of hydrogen-bond donors (Lipinski definition) is 0. The van der Waals surface area contributed by atoms with E-state index < -0.39 is 10.2 Å². The minimum absolute atomic E-state index is 0.0679. The molecule has 1 aromatic rings. The summed E-state index contributed by atoms with van der Waals surface area (Å²) < 4.78 is 30.6. The molecule has 152 valence electrons. The first-order valence-electron chi connectivity index (χ1n) is 9.87. The molecule has 27 heavy (non-hydrogen) atoms. The van der Waals surface area contributed by atoms with Gasteiger partial charge in [0.05, 0.1) is 5.69 Å². The van der Waals surface area contributed by atoms with E-state index in [-0.39, 0.29) is 11.9 Å². The highest BCUT2D eigenvalue weighted by atomic mass is 32.2. The molecule has 2 aliphatic rings. The number of piperazine rings is 1. The number of amides is 1. The Balaban J connectivity index is 1.49. The van der Waals surface area contributed by atoms with Crippen LogP contribution in [-0.2, 0) is 28.5 Å². The molecule has 1 saturated carbocycles.